The van der Waals surface area contributed by atoms with Gasteiger partial charge in [-0.05, 0) is 37.5 Å². The third-order valence-electron chi connectivity index (χ3n) is 5.09. The molecule has 6 nitrogen and oxygen atoms in total. The highest BCUT2D eigenvalue weighted by molar-refractivity contribution is 5.87. The molecule has 1 saturated heterocycles. The smallest absolute Gasteiger partial charge is 0.335 e. The van der Waals surface area contributed by atoms with Crippen LogP contribution < -0.4 is 5.32 Å². The summed E-state index contributed by atoms with van der Waals surface area (Å²) in [4.78, 5) is 30.1. The van der Waals surface area contributed by atoms with Gasteiger partial charge in [-0.2, -0.15) is 0 Å². The number of nitrogens with zero attached hydrogens (tertiary/aromatic N) is 2. The highest BCUT2D eigenvalue weighted by Gasteiger charge is 2.31. The molecule has 2 aromatic rings. The van der Waals surface area contributed by atoms with Crippen molar-refractivity contribution in [2.24, 2.45) is 5.92 Å². The number of aromatic carboxylic acids is 1. The molecular formula is C21H25N3O3. The first-order valence-corrected chi connectivity index (χ1v) is 9.30. The summed E-state index contributed by atoms with van der Waals surface area (Å²) in [5.74, 6) is -0.850. The van der Waals surface area contributed by atoms with Crippen LogP contribution in [0, 0.1) is 5.92 Å². The molecule has 0 bridgehead atoms. The first kappa shape index (κ1) is 19.0. The minimum atomic E-state index is -0.966. The Balaban J connectivity index is 1.57. The van der Waals surface area contributed by atoms with Crippen LogP contribution in [0.1, 0.15) is 47.4 Å². The number of rotatable bonds is 7. The number of carbonyl (C=O) groups excluding carboxylic acids is 1. The van der Waals surface area contributed by atoms with Gasteiger partial charge in [-0.1, -0.05) is 30.3 Å². The van der Waals surface area contributed by atoms with E-state index in [-0.39, 0.29) is 23.4 Å². The number of hydrogen-bond acceptors (Lipinski definition) is 4. The third kappa shape index (κ3) is 4.71. The molecule has 3 rings (SSSR count). The number of piperidine rings is 1. The first-order chi connectivity index (χ1) is 13.1. The molecule has 1 amide bonds. The molecule has 0 aliphatic carbocycles. The average Bonchev–Trinajstić information content (AvgIpc) is 2.69. The van der Waals surface area contributed by atoms with Crippen molar-refractivity contribution < 1.29 is 14.7 Å². The molecule has 142 valence electrons. The van der Waals surface area contributed by atoms with Crippen LogP contribution in [0.5, 0.6) is 0 Å². The summed E-state index contributed by atoms with van der Waals surface area (Å²) in [7, 11) is 0. The van der Waals surface area contributed by atoms with Crippen LogP contribution in [-0.2, 0) is 11.3 Å². The Morgan fingerprint density at radius 2 is 2.11 bits per heavy atom. The van der Waals surface area contributed by atoms with E-state index < -0.39 is 5.97 Å². The lowest BCUT2D eigenvalue weighted by atomic mass is 9.94. The summed E-state index contributed by atoms with van der Waals surface area (Å²) in [6.45, 7) is 3.87. The lowest BCUT2D eigenvalue weighted by Crippen LogP contribution is -2.45. The van der Waals surface area contributed by atoms with E-state index in [9.17, 15) is 9.59 Å². The molecule has 6 heteroatoms. The fourth-order valence-electron chi connectivity index (χ4n) is 3.54. The molecule has 1 aromatic carbocycles. The summed E-state index contributed by atoms with van der Waals surface area (Å²) >= 11 is 0. The molecule has 0 spiro atoms. The van der Waals surface area contributed by atoms with Crippen LogP contribution in [0.4, 0.5) is 0 Å². The summed E-state index contributed by atoms with van der Waals surface area (Å²) in [6, 6.07) is 13.2. The highest BCUT2D eigenvalue weighted by atomic mass is 16.4. The van der Waals surface area contributed by atoms with Gasteiger partial charge in [0.15, 0.2) is 0 Å². The zero-order valence-corrected chi connectivity index (χ0v) is 15.5. The van der Waals surface area contributed by atoms with Crippen molar-refractivity contribution in [2.45, 2.75) is 32.4 Å². The SMILES string of the molecule is CC(c1ccccc1)N1CCC[C@H](CNCc2cc(C(=O)O)ccn2)C1=O. The van der Waals surface area contributed by atoms with E-state index in [4.69, 9.17) is 5.11 Å². The van der Waals surface area contributed by atoms with Crippen molar-refractivity contribution in [1.82, 2.24) is 15.2 Å². The van der Waals surface area contributed by atoms with E-state index in [1.54, 1.807) is 6.07 Å². The largest absolute Gasteiger partial charge is 0.478 e. The van der Waals surface area contributed by atoms with Crippen LogP contribution in [0.15, 0.2) is 48.7 Å². The molecule has 1 aromatic heterocycles. The molecule has 1 fully saturated rings. The normalized spacial score (nSPS) is 18.3. The second-order valence-electron chi connectivity index (χ2n) is 6.93. The lowest BCUT2D eigenvalue weighted by molar-refractivity contribution is -0.140. The van der Waals surface area contributed by atoms with Crippen LogP contribution in [0.3, 0.4) is 0 Å². The van der Waals surface area contributed by atoms with E-state index >= 15 is 0 Å². The molecule has 27 heavy (non-hydrogen) atoms. The molecule has 0 radical (unpaired) electrons. The summed E-state index contributed by atoms with van der Waals surface area (Å²) < 4.78 is 0. The minimum Gasteiger partial charge on any atom is -0.478 e. The Kier molecular flexibility index (Phi) is 6.19. The molecular weight excluding hydrogens is 342 g/mol. The highest BCUT2D eigenvalue weighted by Crippen LogP contribution is 2.27. The van der Waals surface area contributed by atoms with Crippen LogP contribution in [-0.4, -0.2) is 40.0 Å². The van der Waals surface area contributed by atoms with Crippen molar-refractivity contribution in [2.75, 3.05) is 13.1 Å². The fourth-order valence-corrected chi connectivity index (χ4v) is 3.54. The Bertz CT molecular complexity index is 794. The van der Waals surface area contributed by atoms with Crippen molar-refractivity contribution in [3.05, 3.63) is 65.5 Å². The molecule has 2 N–H and O–H groups in total. The summed E-state index contributed by atoms with van der Waals surface area (Å²) in [6.07, 6.45) is 3.35. The standard InChI is InChI=1S/C21H25N3O3/c1-15(16-6-3-2-4-7-16)24-11-5-8-18(20(24)25)13-22-14-19-12-17(21(26)27)9-10-23-19/h2-4,6-7,9-10,12,15,18,22H,5,8,11,13-14H2,1H3,(H,26,27)/t15?,18-/m1/s1. The number of carbonyl (C=O) groups is 2. The molecule has 1 aliphatic rings. The number of likely N-dealkylation sites (tertiary alicyclic amines) is 1. The zero-order chi connectivity index (χ0) is 19.2. The van der Waals surface area contributed by atoms with E-state index in [2.05, 4.69) is 29.4 Å². The van der Waals surface area contributed by atoms with Crippen LogP contribution in [0.25, 0.3) is 0 Å². The van der Waals surface area contributed by atoms with Crippen LogP contribution in [0.2, 0.25) is 0 Å². The maximum atomic E-state index is 12.9. The third-order valence-corrected chi connectivity index (χ3v) is 5.09. The van der Waals surface area contributed by atoms with Crippen molar-refractivity contribution >= 4 is 11.9 Å². The monoisotopic (exact) mass is 367 g/mol. The second-order valence-corrected chi connectivity index (χ2v) is 6.93. The summed E-state index contributed by atoms with van der Waals surface area (Å²) in [5, 5.41) is 12.3. The van der Waals surface area contributed by atoms with Gasteiger partial charge in [-0.25, -0.2) is 4.79 Å². The number of pyridine rings is 1. The molecule has 0 saturated carbocycles. The van der Waals surface area contributed by atoms with Gasteiger partial charge in [0.25, 0.3) is 0 Å². The number of benzene rings is 1. The van der Waals surface area contributed by atoms with Gasteiger partial charge in [0.05, 0.1) is 23.2 Å². The number of carboxylic acid groups (broad SMARTS) is 1. The zero-order valence-electron chi connectivity index (χ0n) is 15.5. The average molecular weight is 367 g/mol. The Morgan fingerprint density at radius 1 is 1.33 bits per heavy atom. The quantitative estimate of drug-likeness (QED) is 0.786. The minimum absolute atomic E-state index is 0.0624. The van der Waals surface area contributed by atoms with Gasteiger partial charge < -0.3 is 15.3 Å². The predicted octanol–water partition coefficient (Wildman–Crippen LogP) is 2.87. The fraction of sp³-hybridized carbons (Fsp3) is 0.381. The topological polar surface area (TPSA) is 82.5 Å². The van der Waals surface area contributed by atoms with Gasteiger partial charge in [-0.3, -0.25) is 9.78 Å². The molecule has 2 heterocycles. The summed E-state index contributed by atoms with van der Waals surface area (Å²) in [5.41, 5.74) is 2.03. The molecule has 2 atom stereocenters. The second kappa shape index (κ2) is 8.77. The van der Waals surface area contributed by atoms with Gasteiger partial charge in [-0.15, -0.1) is 0 Å². The van der Waals surface area contributed by atoms with Crippen molar-refractivity contribution in [3.63, 3.8) is 0 Å². The maximum absolute atomic E-state index is 12.9. The van der Waals surface area contributed by atoms with E-state index in [1.165, 1.54) is 12.3 Å². The maximum Gasteiger partial charge on any atom is 0.335 e. The van der Waals surface area contributed by atoms with E-state index in [1.807, 2.05) is 23.1 Å². The van der Waals surface area contributed by atoms with Crippen molar-refractivity contribution in [3.8, 4) is 0 Å². The number of aromatic nitrogens is 1. The van der Waals surface area contributed by atoms with Gasteiger partial charge in [0.1, 0.15) is 0 Å². The van der Waals surface area contributed by atoms with E-state index in [0.717, 1.165) is 24.9 Å². The van der Waals surface area contributed by atoms with E-state index in [0.29, 0.717) is 18.8 Å². The first-order valence-electron chi connectivity index (χ1n) is 9.30. The van der Waals surface area contributed by atoms with Crippen molar-refractivity contribution in [1.29, 1.82) is 0 Å². The molecule has 1 unspecified atom stereocenters. The van der Waals surface area contributed by atoms with Gasteiger partial charge in [0.2, 0.25) is 5.91 Å². The Morgan fingerprint density at radius 3 is 2.85 bits per heavy atom. The number of hydrogen-bond donors (Lipinski definition) is 2. The number of amides is 1. The lowest BCUT2D eigenvalue weighted by Gasteiger charge is -2.37. The Labute approximate surface area is 159 Å². The number of carboxylic acids is 1. The van der Waals surface area contributed by atoms with Gasteiger partial charge in [0, 0.05) is 25.8 Å². The predicted molar refractivity (Wildman–Crippen MR) is 102 cm³/mol. The van der Waals surface area contributed by atoms with Gasteiger partial charge >= 0.3 is 5.97 Å². The number of nitrogens with one attached hydrogen (secondary N) is 1. The van der Waals surface area contributed by atoms with Crippen LogP contribution >= 0.6 is 0 Å². The Hall–Kier alpha value is -2.73. The molecule has 1 aliphatic heterocycles.